The Morgan fingerprint density at radius 1 is 1.24 bits per heavy atom. The summed E-state index contributed by atoms with van der Waals surface area (Å²) in [5, 5.41) is 4.98. The molecule has 0 aliphatic heterocycles. The monoisotopic (exact) mass is 307 g/mol. The SMILES string of the molecule is CC(N)c1cccc(NC(=O)Nc2cccc(Cl)c2F)c1. The molecule has 0 saturated heterocycles. The van der Waals surface area contributed by atoms with E-state index in [0.29, 0.717) is 5.69 Å². The first-order valence-corrected chi connectivity index (χ1v) is 6.72. The van der Waals surface area contributed by atoms with Crippen LogP contribution in [-0.2, 0) is 0 Å². The Kier molecular flexibility index (Phi) is 4.77. The van der Waals surface area contributed by atoms with Crippen LogP contribution in [0.5, 0.6) is 0 Å². The predicted molar refractivity (Wildman–Crippen MR) is 83.1 cm³/mol. The molecule has 6 heteroatoms. The largest absolute Gasteiger partial charge is 0.324 e. The summed E-state index contributed by atoms with van der Waals surface area (Å²) in [5.41, 5.74) is 7.26. The number of hydrogen-bond acceptors (Lipinski definition) is 2. The zero-order valence-electron chi connectivity index (χ0n) is 11.4. The van der Waals surface area contributed by atoms with E-state index in [1.807, 2.05) is 13.0 Å². The summed E-state index contributed by atoms with van der Waals surface area (Å²) in [7, 11) is 0. The third-order valence-corrected chi connectivity index (χ3v) is 3.16. The topological polar surface area (TPSA) is 67.1 Å². The summed E-state index contributed by atoms with van der Waals surface area (Å²) in [4.78, 5) is 11.9. The van der Waals surface area contributed by atoms with Crippen molar-refractivity contribution in [2.24, 2.45) is 5.73 Å². The number of benzene rings is 2. The number of anilines is 2. The second-order valence-corrected chi connectivity index (χ2v) is 5.00. The molecule has 0 aliphatic rings. The average Bonchev–Trinajstić information content (AvgIpc) is 2.44. The normalized spacial score (nSPS) is 11.8. The molecule has 4 nitrogen and oxygen atoms in total. The van der Waals surface area contributed by atoms with Gasteiger partial charge in [-0.1, -0.05) is 29.8 Å². The van der Waals surface area contributed by atoms with Crippen LogP contribution in [0.4, 0.5) is 20.6 Å². The van der Waals surface area contributed by atoms with Crippen LogP contribution < -0.4 is 16.4 Å². The molecule has 0 radical (unpaired) electrons. The summed E-state index contributed by atoms with van der Waals surface area (Å²) in [6.07, 6.45) is 0. The van der Waals surface area contributed by atoms with Crippen LogP contribution in [0.3, 0.4) is 0 Å². The highest BCUT2D eigenvalue weighted by Gasteiger charge is 2.10. The van der Waals surface area contributed by atoms with Crippen LogP contribution in [0.2, 0.25) is 5.02 Å². The Balaban J connectivity index is 2.08. The summed E-state index contributed by atoms with van der Waals surface area (Å²) >= 11 is 5.65. The maximum Gasteiger partial charge on any atom is 0.323 e. The molecule has 1 atom stereocenters. The van der Waals surface area contributed by atoms with Gasteiger partial charge in [0.25, 0.3) is 0 Å². The number of amides is 2. The van der Waals surface area contributed by atoms with Crippen LogP contribution in [0.15, 0.2) is 42.5 Å². The number of urea groups is 1. The van der Waals surface area contributed by atoms with Gasteiger partial charge in [-0.2, -0.15) is 0 Å². The molecule has 2 rings (SSSR count). The standard InChI is InChI=1S/C15H15ClFN3O/c1-9(18)10-4-2-5-11(8-10)19-15(21)20-13-7-3-6-12(16)14(13)17/h2-9H,18H2,1H3,(H2,19,20,21). The first-order chi connectivity index (χ1) is 9.97. The van der Waals surface area contributed by atoms with E-state index in [2.05, 4.69) is 10.6 Å². The maximum atomic E-state index is 13.7. The molecule has 0 saturated carbocycles. The molecule has 110 valence electrons. The van der Waals surface area contributed by atoms with Crippen LogP contribution in [0.25, 0.3) is 0 Å². The van der Waals surface area contributed by atoms with Gasteiger partial charge in [0.05, 0.1) is 10.7 Å². The average molecular weight is 308 g/mol. The summed E-state index contributed by atoms with van der Waals surface area (Å²) < 4.78 is 13.7. The van der Waals surface area contributed by atoms with Crippen LogP contribution in [0.1, 0.15) is 18.5 Å². The van der Waals surface area contributed by atoms with Crippen LogP contribution >= 0.6 is 11.6 Å². The molecule has 1 unspecified atom stereocenters. The number of carbonyl (C=O) groups excluding carboxylic acids is 1. The van der Waals surface area contributed by atoms with Crippen molar-refractivity contribution in [1.82, 2.24) is 0 Å². The number of rotatable bonds is 3. The summed E-state index contributed by atoms with van der Waals surface area (Å²) in [6, 6.07) is 10.8. The maximum absolute atomic E-state index is 13.7. The zero-order valence-corrected chi connectivity index (χ0v) is 12.1. The van der Waals surface area contributed by atoms with Gasteiger partial charge in [0.1, 0.15) is 0 Å². The zero-order chi connectivity index (χ0) is 15.4. The lowest BCUT2D eigenvalue weighted by molar-refractivity contribution is 0.262. The number of nitrogens with two attached hydrogens (primary N) is 1. The predicted octanol–water partition coefficient (Wildman–Crippen LogP) is 4.14. The van der Waals surface area contributed by atoms with Crippen molar-refractivity contribution in [1.29, 1.82) is 0 Å². The van der Waals surface area contributed by atoms with E-state index < -0.39 is 11.8 Å². The Bertz CT molecular complexity index is 661. The fourth-order valence-corrected chi connectivity index (χ4v) is 1.96. The minimum Gasteiger partial charge on any atom is -0.324 e. The Hall–Kier alpha value is -2.11. The molecule has 0 heterocycles. The molecular formula is C15H15ClFN3O. The van der Waals surface area contributed by atoms with E-state index in [0.717, 1.165) is 5.56 Å². The number of hydrogen-bond donors (Lipinski definition) is 3. The van der Waals surface area contributed by atoms with Crippen molar-refractivity contribution < 1.29 is 9.18 Å². The third kappa shape index (κ3) is 3.93. The van der Waals surface area contributed by atoms with Gasteiger partial charge >= 0.3 is 6.03 Å². The van der Waals surface area contributed by atoms with E-state index >= 15 is 0 Å². The van der Waals surface area contributed by atoms with Gasteiger partial charge in [0.2, 0.25) is 0 Å². The van der Waals surface area contributed by atoms with Gasteiger partial charge in [-0.05, 0) is 36.8 Å². The summed E-state index contributed by atoms with van der Waals surface area (Å²) in [5.74, 6) is -0.668. The molecule has 2 aromatic rings. The highest BCUT2D eigenvalue weighted by molar-refractivity contribution is 6.31. The van der Waals surface area contributed by atoms with Gasteiger partial charge in [-0.25, -0.2) is 9.18 Å². The van der Waals surface area contributed by atoms with Crippen molar-refractivity contribution in [3.63, 3.8) is 0 Å². The highest BCUT2D eigenvalue weighted by atomic mass is 35.5. The fraction of sp³-hybridized carbons (Fsp3) is 0.133. The van der Waals surface area contributed by atoms with Crippen LogP contribution in [-0.4, -0.2) is 6.03 Å². The second-order valence-electron chi connectivity index (χ2n) is 4.59. The first kappa shape index (κ1) is 15.3. The van der Waals surface area contributed by atoms with E-state index in [1.54, 1.807) is 24.3 Å². The highest BCUT2D eigenvalue weighted by Crippen LogP contribution is 2.22. The minimum atomic E-state index is -0.668. The van der Waals surface area contributed by atoms with Crippen molar-refractivity contribution in [3.05, 3.63) is 58.9 Å². The molecule has 0 aliphatic carbocycles. The molecule has 4 N–H and O–H groups in total. The van der Waals surface area contributed by atoms with Gasteiger partial charge in [0.15, 0.2) is 5.82 Å². The molecule has 0 fully saturated rings. The van der Waals surface area contributed by atoms with E-state index in [1.165, 1.54) is 12.1 Å². The first-order valence-electron chi connectivity index (χ1n) is 6.35. The molecule has 0 spiro atoms. The Morgan fingerprint density at radius 3 is 2.67 bits per heavy atom. The number of halogens is 2. The molecule has 2 aromatic carbocycles. The van der Waals surface area contributed by atoms with Crippen molar-refractivity contribution in [2.75, 3.05) is 10.6 Å². The lowest BCUT2D eigenvalue weighted by Gasteiger charge is -2.11. The lowest BCUT2D eigenvalue weighted by Crippen LogP contribution is -2.20. The van der Waals surface area contributed by atoms with Crippen LogP contribution in [0, 0.1) is 5.82 Å². The number of nitrogens with one attached hydrogen (secondary N) is 2. The van der Waals surface area contributed by atoms with E-state index in [-0.39, 0.29) is 16.8 Å². The molecular weight excluding hydrogens is 293 g/mol. The Morgan fingerprint density at radius 2 is 1.95 bits per heavy atom. The second kappa shape index (κ2) is 6.56. The molecule has 21 heavy (non-hydrogen) atoms. The fourth-order valence-electron chi connectivity index (χ4n) is 1.78. The van der Waals surface area contributed by atoms with E-state index in [4.69, 9.17) is 17.3 Å². The van der Waals surface area contributed by atoms with Gasteiger partial charge in [-0.3, -0.25) is 0 Å². The number of carbonyl (C=O) groups is 1. The molecule has 0 aromatic heterocycles. The van der Waals surface area contributed by atoms with Gasteiger partial charge < -0.3 is 16.4 Å². The smallest absolute Gasteiger partial charge is 0.323 e. The lowest BCUT2D eigenvalue weighted by atomic mass is 10.1. The van der Waals surface area contributed by atoms with E-state index in [9.17, 15) is 9.18 Å². The van der Waals surface area contributed by atoms with Crippen molar-refractivity contribution >= 4 is 29.0 Å². The van der Waals surface area contributed by atoms with Crippen molar-refractivity contribution in [3.8, 4) is 0 Å². The molecule has 2 amide bonds. The minimum absolute atomic E-state index is 0.0170. The van der Waals surface area contributed by atoms with Crippen molar-refractivity contribution in [2.45, 2.75) is 13.0 Å². The van der Waals surface area contributed by atoms with Gasteiger partial charge in [-0.15, -0.1) is 0 Å². The third-order valence-electron chi connectivity index (χ3n) is 2.87. The molecule has 0 bridgehead atoms. The quantitative estimate of drug-likeness (QED) is 0.797. The Labute approximate surface area is 127 Å². The summed E-state index contributed by atoms with van der Waals surface area (Å²) in [6.45, 7) is 1.85. The van der Waals surface area contributed by atoms with Gasteiger partial charge in [0, 0.05) is 11.7 Å².